The smallest absolute Gasteiger partial charge is 0.251 e. The molecule has 1 atom stereocenters. The molecular weight excluding hydrogens is 503 g/mol. The molecule has 1 heterocycles. The summed E-state index contributed by atoms with van der Waals surface area (Å²) < 4.78 is 5.56. The zero-order valence-electron chi connectivity index (χ0n) is 18.5. The van der Waals surface area contributed by atoms with Crippen molar-refractivity contribution in [2.75, 3.05) is 20.2 Å². The van der Waals surface area contributed by atoms with Crippen molar-refractivity contribution in [3.05, 3.63) is 64.7 Å². The molecular formula is C24H33IN4O2. The summed E-state index contributed by atoms with van der Waals surface area (Å²) in [5.74, 6) is 1.75. The van der Waals surface area contributed by atoms with Gasteiger partial charge in [0, 0.05) is 38.2 Å². The van der Waals surface area contributed by atoms with E-state index in [1.54, 1.807) is 7.05 Å². The molecule has 3 rings (SSSR count). The molecule has 7 heteroatoms. The Bertz CT molecular complexity index is 884. The van der Waals surface area contributed by atoms with Crippen molar-refractivity contribution in [2.45, 2.75) is 45.7 Å². The number of aliphatic imine (C=N–C) groups is 1. The maximum Gasteiger partial charge on any atom is 0.251 e. The van der Waals surface area contributed by atoms with Crippen LogP contribution in [0.1, 0.15) is 47.3 Å². The highest BCUT2D eigenvalue weighted by atomic mass is 127. The average Bonchev–Trinajstić information content (AvgIpc) is 3.24. The van der Waals surface area contributed by atoms with Gasteiger partial charge in [0.2, 0.25) is 0 Å². The van der Waals surface area contributed by atoms with Crippen LogP contribution in [0, 0.1) is 0 Å². The number of rotatable bonds is 8. The fraction of sp³-hybridized carbons (Fsp3) is 0.417. The number of hydrogen-bond donors (Lipinski definition) is 3. The Balaban J connectivity index is 0.00000341. The lowest BCUT2D eigenvalue weighted by atomic mass is 10.1. The van der Waals surface area contributed by atoms with Gasteiger partial charge in [-0.3, -0.25) is 9.79 Å². The van der Waals surface area contributed by atoms with Gasteiger partial charge in [0.1, 0.15) is 5.75 Å². The first-order valence-corrected chi connectivity index (χ1v) is 10.7. The first kappa shape index (κ1) is 25.0. The molecule has 0 saturated carbocycles. The number of ether oxygens (including phenoxy) is 1. The van der Waals surface area contributed by atoms with Crippen LogP contribution in [0.15, 0.2) is 47.5 Å². The second-order valence-electron chi connectivity index (χ2n) is 7.62. The fourth-order valence-corrected chi connectivity index (χ4v) is 3.31. The van der Waals surface area contributed by atoms with Crippen LogP contribution >= 0.6 is 24.0 Å². The third-order valence-electron chi connectivity index (χ3n) is 5.35. The molecule has 1 aliphatic heterocycles. The number of carbonyl (C=O) groups excluding carboxylic acids is 1. The van der Waals surface area contributed by atoms with Crippen molar-refractivity contribution >= 4 is 35.8 Å². The second-order valence-corrected chi connectivity index (χ2v) is 7.62. The summed E-state index contributed by atoms with van der Waals surface area (Å²) in [7, 11) is 1.77. The number of nitrogens with zero attached hydrogens (tertiary/aromatic N) is 1. The first-order valence-electron chi connectivity index (χ1n) is 10.7. The summed E-state index contributed by atoms with van der Waals surface area (Å²) in [4.78, 5) is 16.5. The molecule has 0 fully saturated rings. The van der Waals surface area contributed by atoms with E-state index >= 15 is 0 Å². The third kappa shape index (κ3) is 7.41. The molecule has 0 saturated heterocycles. The van der Waals surface area contributed by atoms with Crippen molar-refractivity contribution in [3.8, 4) is 5.75 Å². The molecule has 1 aliphatic rings. The normalized spacial score (nSPS) is 13.5. The Morgan fingerprint density at radius 1 is 1.13 bits per heavy atom. The van der Waals surface area contributed by atoms with Gasteiger partial charge in [0.15, 0.2) is 5.96 Å². The highest BCUT2D eigenvalue weighted by molar-refractivity contribution is 14.0. The molecule has 0 bridgehead atoms. The van der Waals surface area contributed by atoms with E-state index in [0.29, 0.717) is 12.1 Å². The summed E-state index contributed by atoms with van der Waals surface area (Å²) in [6.45, 7) is 6.29. The van der Waals surface area contributed by atoms with Gasteiger partial charge in [-0.05, 0) is 54.7 Å². The van der Waals surface area contributed by atoms with Gasteiger partial charge in [-0.2, -0.15) is 0 Å². The highest BCUT2D eigenvalue weighted by Gasteiger charge is 2.12. The molecule has 0 spiro atoms. The standard InChI is InChI=1S/C24H32N4O2.HI/c1-4-17(2)28-23(29)20-8-5-19(6-9-20)16-27-24(25-3)26-13-11-18-7-10-22-21(15-18)12-14-30-22;/h5-10,15,17H,4,11-14,16H2,1-3H3,(H,28,29)(H2,25,26,27);1H. The maximum atomic E-state index is 12.2. The molecule has 0 aliphatic carbocycles. The Labute approximate surface area is 202 Å². The minimum atomic E-state index is -0.0283. The minimum Gasteiger partial charge on any atom is -0.493 e. The molecule has 2 aromatic rings. The fourth-order valence-electron chi connectivity index (χ4n) is 3.31. The van der Waals surface area contributed by atoms with Gasteiger partial charge in [0.25, 0.3) is 5.91 Å². The SMILES string of the molecule is CCC(C)NC(=O)c1ccc(CNC(=NC)NCCc2ccc3c(c2)CCO3)cc1.I. The van der Waals surface area contributed by atoms with Crippen molar-refractivity contribution < 1.29 is 9.53 Å². The molecule has 0 radical (unpaired) electrons. The number of hydrogen-bond acceptors (Lipinski definition) is 3. The first-order chi connectivity index (χ1) is 14.6. The summed E-state index contributed by atoms with van der Waals surface area (Å²) in [5, 5.41) is 9.66. The highest BCUT2D eigenvalue weighted by Crippen LogP contribution is 2.25. The molecule has 0 aromatic heterocycles. The van der Waals surface area contributed by atoms with E-state index in [4.69, 9.17) is 4.74 Å². The van der Waals surface area contributed by atoms with Crippen molar-refractivity contribution in [3.63, 3.8) is 0 Å². The van der Waals surface area contributed by atoms with Crippen LogP contribution in [0.5, 0.6) is 5.75 Å². The number of benzene rings is 2. The summed E-state index contributed by atoms with van der Waals surface area (Å²) >= 11 is 0. The molecule has 168 valence electrons. The largest absolute Gasteiger partial charge is 0.493 e. The maximum absolute atomic E-state index is 12.2. The van der Waals surface area contributed by atoms with Crippen LogP contribution in [0.3, 0.4) is 0 Å². The van der Waals surface area contributed by atoms with Crippen LogP contribution in [-0.4, -0.2) is 38.1 Å². The molecule has 6 nitrogen and oxygen atoms in total. The number of nitrogens with one attached hydrogen (secondary N) is 3. The van der Waals surface area contributed by atoms with Crippen LogP contribution in [0.2, 0.25) is 0 Å². The Kier molecular flexibility index (Phi) is 10.1. The number of guanidine groups is 1. The Morgan fingerprint density at radius 3 is 2.58 bits per heavy atom. The van der Waals surface area contributed by atoms with Crippen molar-refractivity contribution in [1.82, 2.24) is 16.0 Å². The number of fused-ring (bicyclic) bond motifs is 1. The number of halogens is 1. The lowest BCUT2D eigenvalue weighted by Gasteiger charge is -2.13. The van der Waals surface area contributed by atoms with Crippen molar-refractivity contribution in [2.24, 2.45) is 4.99 Å². The molecule has 2 aromatic carbocycles. The predicted octanol–water partition coefficient (Wildman–Crippen LogP) is 3.68. The Hall–Kier alpha value is -2.29. The van der Waals surface area contributed by atoms with Gasteiger partial charge >= 0.3 is 0 Å². The van der Waals surface area contributed by atoms with E-state index in [0.717, 1.165) is 49.7 Å². The predicted molar refractivity (Wildman–Crippen MR) is 137 cm³/mol. The van der Waals surface area contributed by atoms with E-state index in [1.165, 1.54) is 11.1 Å². The summed E-state index contributed by atoms with van der Waals surface area (Å²) in [5.41, 5.74) is 4.38. The average molecular weight is 536 g/mol. The minimum absolute atomic E-state index is 0. The van der Waals surface area contributed by atoms with Crippen LogP contribution in [0.25, 0.3) is 0 Å². The zero-order valence-corrected chi connectivity index (χ0v) is 20.9. The third-order valence-corrected chi connectivity index (χ3v) is 5.35. The van der Waals surface area contributed by atoms with E-state index in [-0.39, 0.29) is 35.9 Å². The van der Waals surface area contributed by atoms with Gasteiger partial charge in [-0.15, -0.1) is 24.0 Å². The number of carbonyl (C=O) groups is 1. The molecule has 1 unspecified atom stereocenters. The summed E-state index contributed by atoms with van der Waals surface area (Å²) in [6.07, 6.45) is 2.84. The van der Waals surface area contributed by atoms with Crippen LogP contribution in [-0.2, 0) is 19.4 Å². The van der Waals surface area contributed by atoms with Gasteiger partial charge < -0.3 is 20.7 Å². The number of amides is 1. The Morgan fingerprint density at radius 2 is 1.87 bits per heavy atom. The van der Waals surface area contributed by atoms with Crippen LogP contribution in [0.4, 0.5) is 0 Å². The van der Waals surface area contributed by atoms with Gasteiger partial charge in [-0.1, -0.05) is 31.2 Å². The quantitative estimate of drug-likeness (QED) is 0.274. The van der Waals surface area contributed by atoms with E-state index in [1.807, 2.05) is 31.2 Å². The molecule has 3 N–H and O–H groups in total. The molecule has 1 amide bonds. The zero-order chi connectivity index (χ0) is 21.3. The lowest BCUT2D eigenvalue weighted by Crippen LogP contribution is -2.37. The second kappa shape index (κ2) is 12.5. The topological polar surface area (TPSA) is 74.8 Å². The summed E-state index contributed by atoms with van der Waals surface area (Å²) in [6, 6.07) is 14.3. The lowest BCUT2D eigenvalue weighted by molar-refractivity contribution is 0.0939. The van der Waals surface area contributed by atoms with Crippen molar-refractivity contribution in [1.29, 1.82) is 0 Å². The van der Waals surface area contributed by atoms with Gasteiger partial charge in [0.05, 0.1) is 6.61 Å². The molecule has 31 heavy (non-hydrogen) atoms. The van der Waals surface area contributed by atoms with Gasteiger partial charge in [-0.25, -0.2) is 0 Å². The van der Waals surface area contributed by atoms with E-state index in [9.17, 15) is 4.79 Å². The van der Waals surface area contributed by atoms with Crippen LogP contribution < -0.4 is 20.7 Å². The van der Waals surface area contributed by atoms with E-state index in [2.05, 4.69) is 46.1 Å². The monoisotopic (exact) mass is 536 g/mol. The van der Waals surface area contributed by atoms with E-state index < -0.39 is 0 Å².